The Bertz CT molecular complexity index is 1080. The minimum Gasteiger partial charge on any atom is -0.326 e. The number of alkyl halides is 2. The Balaban J connectivity index is 1.80. The summed E-state index contributed by atoms with van der Waals surface area (Å²) in [6.07, 6.45) is 0.322. The van der Waals surface area contributed by atoms with Crippen LogP contribution in [0, 0.1) is 17.6 Å². The molecule has 6 nitrogen and oxygen atoms in total. The van der Waals surface area contributed by atoms with E-state index in [4.69, 9.17) is 34.8 Å². The van der Waals surface area contributed by atoms with Gasteiger partial charge in [0.25, 0.3) is 5.91 Å². The lowest BCUT2D eigenvalue weighted by atomic mass is 10.1. The molecule has 3 amide bonds. The van der Waals surface area contributed by atoms with Gasteiger partial charge in [-0.3, -0.25) is 14.4 Å². The van der Waals surface area contributed by atoms with E-state index in [0.29, 0.717) is 6.42 Å². The van der Waals surface area contributed by atoms with E-state index in [1.54, 1.807) is 0 Å². The molecule has 11 heteroatoms. The highest BCUT2D eigenvalue weighted by Gasteiger charge is 2.56. The van der Waals surface area contributed by atoms with Crippen molar-refractivity contribution < 1.29 is 23.2 Å². The van der Waals surface area contributed by atoms with Crippen molar-refractivity contribution >= 4 is 69.6 Å². The van der Waals surface area contributed by atoms with Gasteiger partial charge in [0.05, 0.1) is 22.2 Å². The second-order valence-electron chi connectivity index (χ2n) is 6.84. The Morgan fingerprint density at radius 3 is 2.39 bits per heavy atom. The first kappa shape index (κ1) is 23.2. The third kappa shape index (κ3) is 5.26. The number of rotatable bonds is 6. The Morgan fingerprint density at radius 1 is 1.10 bits per heavy atom. The van der Waals surface area contributed by atoms with Crippen molar-refractivity contribution in [1.29, 1.82) is 0 Å². The number of hydrogen-bond acceptors (Lipinski definition) is 3. The summed E-state index contributed by atoms with van der Waals surface area (Å²) >= 11 is 17.8. The normalized spacial score (nSPS) is 16.4. The topological polar surface area (TPSA) is 87.3 Å². The highest BCUT2D eigenvalue weighted by atomic mass is 35.5. The molecule has 3 N–H and O–H groups in total. The van der Waals surface area contributed by atoms with Crippen LogP contribution >= 0.6 is 34.8 Å². The van der Waals surface area contributed by atoms with Crippen LogP contribution < -0.4 is 16.0 Å². The van der Waals surface area contributed by atoms with Gasteiger partial charge in [0.1, 0.15) is 15.8 Å². The van der Waals surface area contributed by atoms with Crippen molar-refractivity contribution in [3.63, 3.8) is 0 Å². The fraction of sp³-hybridized carbons (Fsp3) is 0.250. The standard InChI is InChI=1S/C20H16Cl3F2N3O3/c1-2-15(29)28-17-13(24)5-6-14(16(17)25)27-18(30)10-7-9(3-4-12(10)21)26-19(31)11-8-20(11,22)23/h3-7,11H,2,8H2,1H3,(H,26,31)(H,27,30)(H,28,29). The minimum absolute atomic E-state index is 0.0129. The molecule has 1 atom stereocenters. The van der Waals surface area contributed by atoms with Gasteiger partial charge in [-0.25, -0.2) is 8.78 Å². The monoisotopic (exact) mass is 489 g/mol. The van der Waals surface area contributed by atoms with Crippen molar-refractivity contribution in [1.82, 2.24) is 0 Å². The molecule has 1 saturated carbocycles. The van der Waals surface area contributed by atoms with Crippen molar-refractivity contribution in [2.45, 2.75) is 24.1 Å². The predicted octanol–water partition coefficient (Wildman–Crippen LogP) is 5.35. The van der Waals surface area contributed by atoms with Crippen LogP contribution in [0.25, 0.3) is 0 Å². The molecule has 0 spiro atoms. The van der Waals surface area contributed by atoms with Crippen LogP contribution in [0.15, 0.2) is 30.3 Å². The Morgan fingerprint density at radius 2 is 1.77 bits per heavy atom. The molecule has 2 aromatic carbocycles. The minimum atomic E-state index is -1.15. The molecule has 1 fully saturated rings. The molecule has 1 aliphatic carbocycles. The van der Waals surface area contributed by atoms with Crippen LogP contribution in [0.4, 0.5) is 25.8 Å². The summed E-state index contributed by atoms with van der Waals surface area (Å²) in [7, 11) is 0. The maximum atomic E-state index is 14.6. The van der Waals surface area contributed by atoms with Gasteiger partial charge in [0.15, 0.2) is 5.82 Å². The van der Waals surface area contributed by atoms with Crippen LogP contribution in [0.3, 0.4) is 0 Å². The average molecular weight is 491 g/mol. The summed E-state index contributed by atoms with van der Waals surface area (Å²) < 4.78 is 27.4. The molecule has 1 aliphatic rings. The lowest BCUT2D eigenvalue weighted by Gasteiger charge is -2.13. The van der Waals surface area contributed by atoms with E-state index in [-0.39, 0.29) is 28.4 Å². The zero-order valence-corrected chi connectivity index (χ0v) is 18.3. The summed E-state index contributed by atoms with van der Waals surface area (Å²) in [5.74, 6) is -4.54. The summed E-state index contributed by atoms with van der Waals surface area (Å²) in [4.78, 5) is 36.3. The maximum absolute atomic E-state index is 14.6. The smallest absolute Gasteiger partial charge is 0.257 e. The third-order valence-electron chi connectivity index (χ3n) is 4.55. The van der Waals surface area contributed by atoms with Gasteiger partial charge >= 0.3 is 0 Å². The van der Waals surface area contributed by atoms with Gasteiger partial charge in [-0.1, -0.05) is 18.5 Å². The van der Waals surface area contributed by atoms with E-state index < -0.39 is 45.3 Å². The maximum Gasteiger partial charge on any atom is 0.257 e. The molecular formula is C20H16Cl3F2N3O3. The molecule has 1 unspecified atom stereocenters. The highest BCUT2D eigenvalue weighted by Crippen LogP contribution is 2.53. The Hall–Kier alpha value is -2.42. The molecular weight excluding hydrogens is 475 g/mol. The number of amides is 3. The number of anilines is 3. The van der Waals surface area contributed by atoms with E-state index in [1.165, 1.54) is 25.1 Å². The molecule has 0 aliphatic heterocycles. The number of benzene rings is 2. The summed E-state index contributed by atoms with van der Waals surface area (Å²) in [6, 6.07) is 6.06. The summed E-state index contributed by atoms with van der Waals surface area (Å²) in [5, 5.41) is 7.01. The summed E-state index contributed by atoms with van der Waals surface area (Å²) in [5.41, 5.74) is -0.852. The van der Waals surface area contributed by atoms with Gasteiger partial charge in [-0.05, 0) is 36.8 Å². The predicted molar refractivity (Wildman–Crippen MR) is 116 cm³/mol. The second kappa shape index (κ2) is 8.98. The van der Waals surface area contributed by atoms with Gasteiger partial charge in [0.2, 0.25) is 11.8 Å². The number of hydrogen-bond donors (Lipinski definition) is 3. The number of nitrogens with one attached hydrogen (secondary N) is 3. The first-order valence-corrected chi connectivity index (χ1v) is 10.2. The highest BCUT2D eigenvalue weighted by molar-refractivity contribution is 6.52. The first-order chi connectivity index (χ1) is 14.5. The van der Waals surface area contributed by atoms with Crippen molar-refractivity contribution in [3.05, 3.63) is 52.6 Å². The zero-order chi connectivity index (χ0) is 22.9. The largest absolute Gasteiger partial charge is 0.326 e. The summed E-state index contributed by atoms with van der Waals surface area (Å²) in [6.45, 7) is 1.52. The molecule has 0 bridgehead atoms. The van der Waals surface area contributed by atoms with Crippen molar-refractivity contribution in [3.8, 4) is 0 Å². The molecule has 0 aromatic heterocycles. The lowest BCUT2D eigenvalue weighted by Crippen LogP contribution is -2.19. The van der Waals surface area contributed by atoms with Crippen LogP contribution in [-0.4, -0.2) is 22.1 Å². The number of carbonyl (C=O) groups is 3. The molecule has 164 valence electrons. The van der Waals surface area contributed by atoms with Crippen molar-refractivity contribution in [2.75, 3.05) is 16.0 Å². The van der Waals surface area contributed by atoms with Gasteiger partial charge in [-0.15, -0.1) is 23.2 Å². The van der Waals surface area contributed by atoms with Crippen LogP contribution in [-0.2, 0) is 9.59 Å². The number of halogens is 5. The molecule has 0 heterocycles. The zero-order valence-electron chi connectivity index (χ0n) is 16.0. The lowest BCUT2D eigenvalue weighted by molar-refractivity contribution is -0.117. The van der Waals surface area contributed by atoms with Crippen LogP contribution in [0.1, 0.15) is 30.1 Å². The number of carbonyl (C=O) groups excluding carboxylic acids is 3. The van der Waals surface area contributed by atoms with Crippen LogP contribution in [0.2, 0.25) is 5.02 Å². The fourth-order valence-electron chi connectivity index (χ4n) is 2.69. The van der Waals surface area contributed by atoms with Crippen molar-refractivity contribution in [2.24, 2.45) is 5.92 Å². The first-order valence-electron chi connectivity index (χ1n) is 9.11. The van der Waals surface area contributed by atoms with Crippen LogP contribution in [0.5, 0.6) is 0 Å². The molecule has 0 saturated heterocycles. The average Bonchev–Trinajstić information content (AvgIpc) is 3.36. The Kier molecular flexibility index (Phi) is 6.73. The van der Waals surface area contributed by atoms with Gasteiger partial charge < -0.3 is 16.0 Å². The van der Waals surface area contributed by atoms with Gasteiger partial charge in [0, 0.05) is 12.1 Å². The molecule has 3 rings (SSSR count). The fourth-order valence-corrected chi connectivity index (χ4v) is 3.40. The SMILES string of the molecule is CCC(=O)Nc1c(F)ccc(NC(=O)c2cc(NC(=O)C3CC3(Cl)Cl)ccc2Cl)c1F. The molecule has 31 heavy (non-hydrogen) atoms. The van der Waals surface area contributed by atoms with E-state index in [1.807, 2.05) is 0 Å². The molecule has 0 radical (unpaired) electrons. The second-order valence-corrected chi connectivity index (χ2v) is 8.79. The van der Waals surface area contributed by atoms with E-state index in [0.717, 1.165) is 12.1 Å². The quantitative estimate of drug-likeness (QED) is 0.477. The Labute approximate surface area is 191 Å². The van der Waals surface area contributed by atoms with Gasteiger partial charge in [-0.2, -0.15) is 0 Å². The van der Waals surface area contributed by atoms with E-state index >= 15 is 0 Å². The van der Waals surface area contributed by atoms with E-state index in [2.05, 4.69) is 16.0 Å². The third-order valence-corrected chi connectivity index (χ3v) is 5.71. The molecule has 2 aromatic rings. The van der Waals surface area contributed by atoms with E-state index in [9.17, 15) is 23.2 Å².